The first-order valence-electron chi connectivity index (χ1n) is 8.57. The lowest BCUT2D eigenvalue weighted by molar-refractivity contribution is -0.126. The maximum absolute atomic E-state index is 12.3. The Bertz CT molecular complexity index is 713. The van der Waals surface area contributed by atoms with Gasteiger partial charge in [0.05, 0.1) is 0 Å². The van der Waals surface area contributed by atoms with Gasteiger partial charge in [-0.2, -0.15) is 0 Å². The smallest absolute Gasteiger partial charge is 0.246 e. The zero-order valence-corrected chi connectivity index (χ0v) is 14.2. The molecule has 0 bridgehead atoms. The Balaban J connectivity index is 1.54. The monoisotopic (exact) mass is 337 g/mol. The molecule has 1 aliphatic heterocycles. The molecule has 2 aromatic rings. The van der Waals surface area contributed by atoms with Crippen LogP contribution >= 0.6 is 0 Å². The van der Waals surface area contributed by atoms with Crippen LogP contribution in [0.2, 0.25) is 0 Å². The summed E-state index contributed by atoms with van der Waals surface area (Å²) in [5.74, 6) is 0.819. The van der Waals surface area contributed by atoms with Gasteiger partial charge in [-0.25, -0.2) is 0 Å². The number of carbonyl (C=O) groups is 1. The largest absolute Gasteiger partial charge is 0.489 e. The summed E-state index contributed by atoms with van der Waals surface area (Å²) in [6.45, 7) is 1.81. The molecule has 3 rings (SSSR count). The average Bonchev–Trinajstić information content (AvgIpc) is 3.15. The van der Waals surface area contributed by atoms with Crippen molar-refractivity contribution in [2.45, 2.75) is 25.5 Å². The van der Waals surface area contributed by atoms with E-state index in [2.05, 4.69) is 4.98 Å². The molecule has 0 spiro atoms. The van der Waals surface area contributed by atoms with Crippen LogP contribution in [-0.4, -0.2) is 34.9 Å². The molecular formula is C20H23N3O2. The van der Waals surface area contributed by atoms with Crippen LogP contribution in [0.4, 0.5) is 0 Å². The number of pyridine rings is 1. The maximum Gasteiger partial charge on any atom is 0.246 e. The fourth-order valence-corrected chi connectivity index (χ4v) is 2.96. The van der Waals surface area contributed by atoms with E-state index in [1.54, 1.807) is 18.5 Å². The molecule has 130 valence electrons. The number of hydrogen-bond acceptors (Lipinski definition) is 4. The Labute approximate surface area is 148 Å². The van der Waals surface area contributed by atoms with Crippen LogP contribution in [-0.2, 0) is 11.4 Å². The molecule has 1 fully saturated rings. The molecule has 5 heteroatoms. The van der Waals surface area contributed by atoms with Gasteiger partial charge in [-0.1, -0.05) is 18.2 Å². The lowest BCUT2D eigenvalue weighted by Gasteiger charge is -2.21. The SMILES string of the molecule is NCC1CCCN1C(=O)C=Cc1ccc(OCc2cccnc2)cc1. The molecule has 25 heavy (non-hydrogen) atoms. The highest BCUT2D eigenvalue weighted by molar-refractivity contribution is 5.92. The minimum atomic E-state index is 0.0323. The summed E-state index contributed by atoms with van der Waals surface area (Å²) in [5.41, 5.74) is 7.71. The van der Waals surface area contributed by atoms with Crippen molar-refractivity contribution in [2.75, 3.05) is 13.1 Å². The Morgan fingerprint density at radius 1 is 1.32 bits per heavy atom. The number of benzene rings is 1. The quantitative estimate of drug-likeness (QED) is 0.823. The minimum Gasteiger partial charge on any atom is -0.489 e. The third kappa shape index (κ3) is 4.67. The molecule has 0 aliphatic carbocycles. The second-order valence-electron chi connectivity index (χ2n) is 6.12. The molecule has 1 saturated heterocycles. The van der Waals surface area contributed by atoms with E-state index in [0.29, 0.717) is 13.2 Å². The summed E-state index contributed by atoms with van der Waals surface area (Å²) in [7, 11) is 0. The maximum atomic E-state index is 12.3. The second-order valence-corrected chi connectivity index (χ2v) is 6.12. The number of ether oxygens (including phenoxy) is 1. The van der Waals surface area contributed by atoms with E-state index < -0.39 is 0 Å². The van der Waals surface area contributed by atoms with Crippen molar-refractivity contribution in [2.24, 2.45) is 5.73 Å². The second kappa shape index (κ2) is 8.44. The summed E-state index contributed by atoms with van der Waals surface area (Å²) < 4.78 is 5.73. The Hall–Kier alpha value is -2.66. The number of aromatic nitrogens is 1. The lowest BCUT2D eigenvalue weighted by atomic mass is 10.2. The number of amides is 1. The minimum absolute atomic E-state index is 0.0323. The van der Waals surface area contributed by atoms with Crippen LogP contribution < -0.4 is 10.5 Å². The summed E-state index contributed by atoms with van der Waals surface area (Å²) in [6.07, 6.45) is 9.02. The standard InChI is InChI=1S/C20H23N3O2/c21-13-18-4-2-12-23(18)20(24)10-7-16-5-8-19(9-6-16)25-15-17-3-1-11-22-14-17/h1,3,5-11,14,18H,2,4,12-13,15,21H2. The highest BCUT2D eigenvalue weighted by atomic mass is 16.5. The number of nitrogens with zero attached hydrogens (tertiary/aromatic N) is 2. The molecule has 2 N–H and O–H groups in total. The molecule has 1 aliphatic rings. The molecule has 0 radical (unpaired) electrons. The Kier molecular flexibility index (Phi) is 5.80. The van der Waals surface area contributed by atoms with Crippen LogP contribution in [0.25, 0.3) is 6.08 Å². The molecule has 2 heterocycles. The van der Waals surface area contributed by atoms with E-state index >= 15 is 0 Å². The van der Waals surface area contributed by atoms with Gasteiger partial charge in [-0.05, 0) is 42.7 Å². The van der Waals surface area contributed by atoms with Crippen LogP contribution in [0.3, 0.4) is 0 Å². The van der Waals surface area contributed by atoms with Gasteiger partial charge in [0.1, 0.15) is 12.4 Å². The molecule has 5 nitrogen and oxygen atoms in total. The van der Waals surface area contributed by atoms with E-state index in [-0.39, 0.29) is 11.9 Å². The van der Waals surface area contributed by atoms with Gasteiger partial charge in [0.2, 0.25) is 5.91 Å². The fourth-order valence-electron chi connectivity index (χ4n) is 2.96. The van der Waals surface area contributed by atoms with Gasteiger partial charge in [0.25, 0.3) is 0 Å². The van der Waals surface area contributed by atoms with Crippen LogP contribution in [0.5, 0.6) is 5.75 Å². The van der Waals surface area contributed by atoms with E-state index in [1.807, 2.05) is 47.4 Å². The molecule has 1 aromatic heterocycles. The highest BCUT2D eigenvalue weighted by Crippen LogP contribution is 2.18. The van der Waals surface area contributed by atoms with Crippen molar-refractivity contribution in [3.63, 3.8) is 0 Å². The Morgan fingerprint density at radius 2 is 2.16 bits per heavy atom. The predicted molar refractivity (Wildman–Crippen MR) is 97.8 cm³/mol. The molecular weight excluding hydrogens is 314 g/mol. The van der Waals surface area contributed by atoms with Crippen LogP contribution in [0.15, 0.2) is 54.9 Å². The third-order valence-corrected chi connectivity index (χ3v) is 4.36. The van der Waals surface area contributed by atoms with Gasteiger partial charge < -0.3 is 15.4 Å². The van der Waals surface area contributed by atoms with Gasteiger partial charge in [-0.3, -0.25) is 9.78 Å². The van der Waals surface area contributed by atoms with Crippen molar-refractivity contribution >= 4 is 12.0 Å². The van der Waals surface area contributed by atoms with E-state index in [1.165, 1.54) is 0 Å². The van der Waals surface area contributed by atoms with Crippen molar-refractivity contribution in [1.29, 1.82) is 0 Å². The van der Waals surface area contributed by atoms with Crippen LogP contribution in [0.1, 0.15) is 24.0 Å². The normalized spacial score (nSPS) is 17.2. The molecule has 0 saturated carbocycles. The topological polar surface area (TPSA) is 68.5 Å². The molecule has 1 atom stereocenters. The van der Waals surface area contributed by atoms with Crippen molar-refractivity contribution in [1.82, 2.24) is 9.88 Å². The fraction of sp³-hybridized carbons (Fsp3) is 0.300. The number of carbonyl (C=O) groups excluding carboxylic acids is 1. The summed E-state index contributed by atoms with van der Waals surface area (Å²) in [4.78, 5) is 18.2. The van der Waals surface area contributed by atoms with Gasteiger partial charge in [0.15, 0.2) is 0 Å². The zero-order valence-electron chi connectivity index (χ0n) is 14.2. The first kappa shape index (κ1) is 17.2. The molecule has 1 unspecified atom stereocenters. The van der Waals surface area contributed by atoms with Crippen LogP contribution in [0, 0.1) is 0 Å². The Morgan fingerprint density at radius 3 is 2.88 bits per heavy atom. The molecule has 1 aromatic carbocycles. The number of hydrogen-bond donors (Lipinski definition) is 1. The predicted octanol–water partition coefficient (Wildman–Crippen LogP) is 2.62. The van der Waals surface area contributed by atoms with Crippen molar-refractivity contribution in [3.05, 3.63) is 66.0 Å². The average molecular weight is 337 g/mol. The summed E-state index contributed by atoms with van der Waals surface area (Å²) >= 11 is 0. The van der Waals surface area contributed by atoms with Crippen molar-refractivity contribution < 1.29 is 9.53 Å². The van der Waals surface area contributed by atoms with Gasteiger partial charge >= 0.3 is 0 Å². The first-order valence-corrected chi connectivity index (χ1v) is 8.57. The van der Waals surface area contributed by atoms with E-state index in [9.17, 15) is 4.79 Å². The first-order chi connectivity index (χ1) is 12.3. The summed E-state index contributed by atoms with van der Waals surface area (Å²) in [6, 6.07) is 11.7. The van der Waals surface area contributed by atoms with Gasteiger partial charge in [-0.15, -0.1) is 0 Å². The lowest BCUT2D eigenvalue weighted by Crippen LogP contribution is -2.38. The number of nitrogens with two attached hydrogens (primary N) is 1. The van der Waals surface area contributed by atoms with E-state index in [0.717, 1.165) is 36.3 Å². The highest BCUT2D eigenvalue weighted by Gasteiger charge is 2.25. The van der Waals surface area contributed by atoms with E-state index in [4.69, 9.17) is 10.5 Å². The summed E-state index contributed by atoms with van der Waals surface area (Å²) in [5, 5.41) is 0. The number of likely N-dealkylation sites (tertiary alicyclic amines) is 1. The molecule has 1 amide bonds. The number of rotatable bonds is 6. The third-order valence-electron chi connectivity index (χ3n) is 4.36. The zero-order chi connectivity index (χ0) is 17.5. The van der Waals surface area contributed by atoms with Gasteiger partial charge in [0, 0.05) is 43.2 Å². The van der Waals surface area contributed by atoms with Crippen molar-refractivity contribution in [3.8, 4) is 5.75 Å².